The van der Waals surface area contributed by atoms with Gasteiger partial charge in [0.1, 0.15) is 35.9 Å². The largest absolute Gasteiger partial charge is 0.495 e. The molecule has 0 aliphatic carbocycles. The molecule has 0 spiro atoms. The number of anilines is 2. The topological polar surface area (TPSA) is 101 Å². The van der Waals surface area contributed by atoms with Gasteiger partial charge in [-0.1, -0.05) is 24.3 Å². The maximum atomic E-state index is 6.13. The molecule has 4 heterocycles. The molecule has 3 aromatic carbocycles. The van der Waals surface area contributed by atoms with E-state index >= 15 is 0 Å². The number of methoxy groups -OCH3 is 1. The summed E-state index contributed by atoms with van der Waals surface area (Å²) in [5, 5.41) is 14.4. The van der Waals surface area contributed by atoms with Gasteiger partial charge in [-0.2, -0.15) is 0 Å². The Morgan fingerprint density at radius 3 is 2.45 bits per heavy atom. The number of hydrogen-bond acceptors (Lipinski definition) is 9. The molecule has 0 amide bonds. The SMILES string of the molecule is COc1cnc2c(Oc3ccc(Nc4nnc(-c5ccc6c(c5)OCCO6)c5ccccc45)cc3)ccnc2c1. The molecule has 7 rings (SSSR count). The van der Waals surface area contributed by atoms with E-state index in [2.05, 4.69) is 25.5 Å². The summed E-state index contributed by atoms with van der Waals surface area (Å²) in [5.74, 6) is 4.04. The van der Waals surface area contributed by atoms with Crippen LogP contribution in [0.25, 0.3) is 33.1 Å². The van der Waals surface area contributed by atoms with Gasteiger partial charge in [0.05, 0.1) is 18.8 Å². The van der Waals surface area contributed by atoms with Gasteiger partial charge in [0, 0.05) is 40.4 Å². The van der Waals surface area contributed by atoms with Crippen molar-refractivity contribution < 1.29 is 18.9 Å². The van der Waals surface area contributed by atoms with Crippen LogP contribution < -0.4 is 24.3 Å². The highest BCUT2D eigenvalue weighted by molar-refractivity contribution is 6.01. The van der Waals surface area contributed by atoms with Crippen molar-refractivity contribution in [3.05, 3.63) is 91.3 Å². The first-order chi connectivity index (χ1) is 19.7. The molecule has 3 aromatic heterocycles. The molecule has 0 atom stereocenters. The first-order valence-electron chi connectivity index (χ1n) is 12.7. The number of aromatic nitrogens is 4. The van der Waals surface area contributed by atoms with Crippen molar-refractivity contribution in [2.45, 2.75) is 0 Å². The van der Waals surface area contributed by atoms with Crippen LogP contribution in [0.5, 0.6) is 28.7 Å². The van der Waals surface area contributed by atoms with Crippen LogP contribution >= 0.6 is 0 Å². The van der Waals surface area contributed by atoms with Crippen LogP contribution in [0.2, 0.25) is 0 Å². The molecule has 0 bridgehead atoms. The number of ether oxygens (including phenoxy) is 4. The normalized spacial score (nSPS) is 12.3. The van der Waals surface area contributed by atoms with Crippen LogP contribution in [0.3, 0.4) is 0 Å². The fourth-order valence-electron chi connectivity index (χ4n) is 4.65. The molecule has 0 saturated carbocycles. The molecule has 1 aliphatic rings. The summed E-state index contributed by atoms with van der Waals surface area (Å²) >= 11 is 0. The van der Waals surface area contributed by atoms with E-state index in [4.69, 9.17) is 18.9 Å². The van der Waals surface area contributed by atoms with E-state index in [1.165, 1.54) is 0 Å². The fourth-order valence-corrected chi connectivity index (χ4v) is 4.65. The number of hydrogen-bond donors (Lipinski definition) is 1. The van der Waals surface area contributed by atoms with Crippen molar-refractivity contribution in [1.29, 1.82) is 0 Å². The van der Waals surface area contributed by atoms with E-state index < -0.39 is 0 Å². The van der Waals surface area contributed by atoms with Crippen LogP contribution in [0.15, 0.2) is 91.3 Å². The number of nitrogens with one attached hydrogen (secondary N) is 1. The van der Waals surface area contributed by atoms with Gasteiger partial charge in [-0.3, -0.25) is 4.98 Å². The quantitative estimate of drug-likeness (QED) is 0.257. The van der Waals surface area contributed by atoms with Gasteiger partial charge >= 0.3 is 0 Å². The maximum Gasteiger partial charge on any atom is 0.162 e. The second kappa shape index (κ2) is 10.0. The maximum absolute atomic E-state index is 6.13. The summed E-state index contributed by atoms with van der Waals surface area (Å²) in [6, 6.07) is 25.2. The zero-order chi connectivity index (χ0) is 26.9. The molecular formula is C31H23N5O4. The molecule has 0 radical (unpaired) electrons. The minimum atomic E-state index is 0.529. The van der Waals surface area contributed by atoms with E-state index in [0.717, 1.165) is 39.2 Å². The summed E-state index contributed by atoms with van der Waals surface area (Å²) in [6.07, 6.45) is 3.33. The predicted molar refractivity (Wildman–Crippen MR) is 152 cm³/mol. The minimum absolute atomic E-state index is 0.529. The number of fused-ring (bicyclic) bond motifs is 3. The van der Waals surface area contributed by atoms with Gasteiger partial charge in [-0.15, -0.1) is 10.2 Å². The molecule has 1 aliphatic heterocycles. The highest BCUT2D eigenvalue weighted by atomic mass is 16.6. The van der Waals surface area contributed by atoms with Crippen molar-refractivity contribution in [2.75, 3.05) is 25.6 Å². The predicted octanol–water partition coefficient (Wildman–Crippen LogP) is 6.56. The molecule has 6 aromatic rings. The number of nitrogens with zero attached hydrogens (tertiary/aromatic N) is 4. The molecule has 1 N–H and O–H groups in total. The molecule has 9 nitrogen and oxygen atoms in total. The van der Waals surface area contributed by atoms with Crippen molar-refractivity contribution in [3.63, 3.8) is 0 Å². The van der Waals surface area contributed by atoms with Gasteiger partial charge in [0.25, 0.3) is 0 Å². The van der Waals surface area contributed by atoms with Gasteiger partial charge in [-0.05, 0) is 42.5 Å². The number of benzene rings is 3. The van der Waals surface area contributed by atoms with Gasteiger partial charge in [0.2, 0.25) is 0 Å². The molecule has 9 heteroatoms. The average molecular weight is 530 g/mol. The van der Waals surface area contributed by atoms with E-state index in [1.54, 1.807) is 25.6 Å². The Morgan fingerprint density at radius 1 is 0.775 bits per heavy atom. The Balaban J connectivity index is 1.15. The van der Waals surface area contributed by atoms with E-state index in [1.807, 2.05) is 72.8 Å². The lowest BCUT2D eigenvalue weighted by Gasteiger charge is -2.19. The van der Waals surface area contributed by atoms with Crippen molar-refractivity contribution in [3.8, 4) is 40.0 Å². The zero-order valence-electron chi connectivity index (χ0n) is 21.5. The van der Waals surface area contributed by atoms with Crippen LogP contribution in [0.1, 0.15) is 0 Å². The lowest BCUT2D eigenvalue weighted by atomic mass is 10.0. The van der Waals surface area contributed by atoms with E-state index in [9.17, 15) is 0 Å². The minimum Gasteiger partial charge on any atom is -0.495 e. The molecule has 196 valence electrons. The molecule has 0 saturated heterocycles. The first-order valence-corrected chi connectivity index (χ1v) is 12.7. The van der Waals surface area contributed by atoms with Crippen LogP contribution in [0.4, 0.5) is 11.5 Å². The Morgan fingerprint density at radius 2 is 1.60 bits per heavy atom. The standard InChI is InChI=1S/C31H23N5O4/c1-37-22-17-25-30(33-18-22)27(12-13-32-25)40-21-9-7-20(8-10-21)34-31-24-5-3-2-4-23(24)29(35-36-31)19-6-11-26-28(16-19)39-15-14-38-26/h2-13,16-18H,14-15H2,1H3,(H,34,36). The Kier molecular flexibility index (Phi) is 5.93. The molecule has 0 unspecified atom stereocenters. The van der Waals surface area contributed by atoms with E-state index in [0.29, 0.717) is 47.3 Å². The van der Waals surface area contributed by atoms with Gasteiger partial charge in [0.15, 0.2) is 23.1 Å². The van der Waals surface area contributed by atoms with Crippen molar-refractivity contribution in [1.82, 2.24) is 20.2 Å². The lowest BCUT2D eigenvalue weighted by Crippen LogP contribution is -2.15. The summed E-state index contributed by atoms with van der Waals surface area (Å²) in [6.45, 7) is 1.08. The molecule has 40 heavy (non-hydrogen) atoms. The smallest absolute Gasteiger partial charge is 0.162 e. The van der Waals surface area contributed by atoms with Crippen LogP contribution in [-0.2, 0) is 0 Å². The molecule has 0 fully saturated rings. The van der Waals surface area contributed by atoms with Gasteiger partial charge < -0.3 is 24.3 Å². The summed E-state index contributed by atoms with van der Waals surface area (Å²) in [4.78, 5) is 8.81. The van der Waals surface area contributed by atoms with Crippen LogP contribution in [-0.4, -0.2) is 40.5 Å². The Labute approximate surface area is 229 Å². The van der Waals surface area contributed by atoms with Crippen molar-refractivity contribution >= 4 is 33.3 Å². The summed E-state index contributed by atoms with van der Waals surface area (Å²) < 4.78 is 22.8. The second-order valence-corrected chi connectivity index (χ2v) is 9.10. The highest BCUT2D eigenvalue weighted by Crippen LogP contribution is 2.37. The number of pyridine rings is 2. The summed E-state index contributed by atoms with van der Waals surface area (Å²) in [5.41, 5.74) is 3.89. The lowest BCUT2D eigenvalue weighted by molar-refractivity contribution is 0.171. The second-order valence-electron chi connectivity index (χ2n) is 9.10. The first kappa shape index (κ1) is 23.7. The third-order valence-electron chi connectivity index (χ3n) is 6.60. The van der Waals surface area contributed by atoms with Crippen LogP contribution in [0, 0.1) is 0 Å². The Hall–Kier alpha value is -5.44. The highest BCUT2D eigenvalue weighted by Gasteiger charge is 2.16. The third kappa shape index (κ3) is 4.43. The number of rotatable bonds is 6. The Bertz CT molecular complexity index is 1860. The summed E-state index contributed by atoms with van der Waals surface area (Å²) in [7, 11) is 1.60. The fraction of sp³-hybridized carbons (Fsp3) is 0.0968. The van der Waals surface area contributed by atoms with Gasteiger partial charge in [-0.25, -0.2) is 4.98 Å². The van der Waals surface area contributed by atoms with E-state index in [-0.39, 0.29) is 0 Å². The van der Waals surface area contributed by atoms with Crippen molar-refractivity contribution in [2.24, 2.45) is 0 Å². The monoisotopic (exact) mass is 529 g/mol. The third-order valence-corrected chi connectivity index (χ3v) is 6.60. The average Bonchev–Trinajstić information content (AvgIpc) is 3.02. The molecular weight excluding hydrogens is 506 g/mol. The zero-order valence-corrected chi connectivity index (χ0v) is 21.5.